The fourth-order valence-corrected chi connectivity index (χ4v) is 5.07. The van der Waals surface area contributed by atoms with E-state index in [2.05, 4.69) is 13.8 Å². The Labute approximate surface area is 210 Å². The van der Waals surface area contributed by atoms with E-state index < -0.39 is 0 Å². The number of halogens is 1. The molecule has 0 fully saturated rings. The van der Waals surface area contributed by atoms with Crippen LogP contribution in [-0.4, -0.2) is 5.38 Å². The van der Waals surface area contributed by atoms with Crippen molar-refractivity contribution >= 4 is 11.6 Å². The van der Waals surface area contributed by atoms with Gasteiger partial charge in [-0.1, -0.05) is 180 Å². The molecule has 194 valence electrons. The van der Waals surface area contributed by atoms with Gasteiger partial charge in [0.1, 0.15) is 0 Å². The monoisotopic (exact) mass is 470 g/mol. The molecule has 0 aliphatic carbocycles. The highest BCUT2D eigenvalue weighted by Gasteiger charge is 1.98. The first-order chi connectivity index (χ1) is 15.8. The summed E-state index contributed by atoms with van der Waals surface area (Å²) in [5.74, 6) is 0. The molecule has 0 heterocycles. The molecular formula is C31H63Cl. The van der Waals surface area contributed by atoms with Crippen LogP contribution in [0.5, 0.6) is 0 Å². The van der Waals surface area contributed by atoms with Crippen LogP contribution in [0.2, 0.25) is 0 Å². The van der Waals surface area contributed by atoms with E-state index in [1.807, 2.05) is 0 Å². The third-order valence-corrected chi connectivity index (χ3v) is 7.42. The van der Waals surface area contributed by atoms with Crippen molar-refractivity contribution in [2.45, 2.75) is 199 Å². The van der Waals surface area contributed by atoms with Crippen LogP contribution >= 0.6 is 11.6 Å². The molecule has 0 amide bonds. The van der Waals surface area contributed by atoms with Gasteiger partial charge in [-0.2, -0.15) is 0 Å². The van der Waals surface area contributed by atoms with Gasteiger partial charge in [0.05, 0.1) is 0 Å². The van der Waals surface area contributed by atoms with Crippen LogP contribution in [0.1, 0.15) is 194 Å². The molecular weight excluding hydrogens is 408 g/mol. The van der Waals surface area contributed by atoms with Gasteiger partial charge in [-0.05, 0) is 13.3 Å². The molecule has 0 spiro atoms. The van der Waals surface area contributed by atoms with Gasteiger partial charge >= 0.3 is 0 Å². The second-order valence-corrected chi connectivity index (χ2v) is 11.5. The SMILES string of the molecule is CCCCCCCCCCCCCCCCCCCCCCCCCCCCCC(C)Cl. The van der Waals surface area contributed by atoms with E-state index in [4.69, 9.17) is 11.6 Å². The van der Waals surface area contributed by atoms with Crippen LogP contribution in [0.3, 0.4) is 0 Å². The number of hydrogen-bond acceptors (Lipinski definition) is 0. The van der Waals surface area contributed by atoms with Crippen molar-refractivity contribution in [3.8, 4) is 0 Å². The Morgan fingerprint density at radius 2 is 0.531 bits per heavy atom. The first-order valence-corrected chi connectivity index (χ1v) is 15.8. The van der Waals surface area contributed by atoms with Crippen LogP contribution in [0, 0.1) is 0 Å². The summed E-state index contributed by atoms with van der Waals surface area (Å²) in [6.07, 6.45) is 40.7. The third-order valence-electron chi connectivity index (χ3n) is 7.21. The topological polar surface area (TPSA) is 0 Å². The lowest BCUT2D eigenvalue weighted by molar-refractivity contribution is 0.514. The molecule has 32 heavy (non-hydrogen) atoms. The van der Waals surface area contributed by atoms with Gasteiger partial charge in [-0.3, -0.25) is 0 Å². The molecule has 1 atom stereocenters. The predicted octanol–water partition coefficient (Wildman–Crippen LogP) is 12.6. The first kappa shape index (κ1) is 32.3. The lowest BCUT2D eigenvalue weighted by Crippen LogP contribution is -1.90. The summed E-state index contributed by atoms with van der Waals surface area (Å²) in [6.45, 7) is 4.42. The minimum atomic E-state index is 0.370. The van der Waals surface area contributed by atoms with Gasteiger partial charge in [0.25, 0.3) is 0 Å². The maximum absolute atomic E-state index is 5.99. The van der Waals surface area contributed by atoms with Crippen LogP contribution < -0.4 is 0 Å². The number of hydrogen-bond donors (Lipinski definition) is 0. The lowest BCUT2D eigenvalue weighted by Gasteiger charge is -2.05. The molecule has 0 bridgehead atoms. The smallest absolute Gasteiger partial charge is 0.0307 e. The Balaban J connectivity index is 3.00. The standard InChI is InChI=1S/C31H63Cl/c1-3-4-5-6-7-8-9-10-11-12-13-14-15-16-17-18-19-20-21-22-23-24-25-26-27-28-29-30-31(2)32/h31H,3-30H2,1-2H3. The van der Waals surface area contributed by atoms with Gasteiger partial charge < -0.3 is 0 Å². The summed E-state index contributed by atoms with van der Waals surface area (Å²) in [5.41, 5.74) is 0. The molecule has 0 saturated carbocycles. The summed E-state index contributed by atoms with van der Waals surface area (Å²) in [6, 6.07) is 0. The molecule has 1 heteroatoms. The maximum atomic E-state index is 5.99. The molecule has 0 aliphatic heterocycles. The molecule has 0 aromatic carbocycles. The highest BCUT2D eigenvalue weighted by atomic mass is 35.5. The van der Waals surface area contributed by atoms with Crippen molar-refractivity contribution < 1.29 is 0 Å². The van der Waals surface area contributed by atoms with E-state index in [0.717, 1.165) is 0 Å². The minimum Gasteiger partial charge on any atom is -0.123 e. The van der Waals surface area contributed by atoms with Gasteiger partial charge in [0.2, 0.25) is 0 Å². The van der Waals surface area contributed by atoms with E-state index in [9.17, 15) is 0 Å². The quantitative estimate of drug-likeness (QED) is 0.0786. The number of rotatable bonds is 28. The van der Waals surface area contributed by atoms with Crippen molar-refractivity contribution in [3.05, 3.63) is 0 Å². The second-order valence-electron chi connectivity index (χ2n) is 10.8. The third kappa shape index (κ3) is 30.3. The molecule has 0 saturated heterocycles. The predicted molar refractivity (Wildman–Crippen MR) is 150 cm³/mol. The Morgan fingerprint density at radius 3 is 0.719 bits per heavy atom. The van der Waals surface area contributed by atoms with Crippen LogP contribution in [0.15, 0.2) is 0 Å². The van der Waals surface area contributed by atoms with Crippen molar-refractivity contribution in [2.75, 3.05) is 0 Å². The highest BCUT2D eigenvalue weighted by Crippen LogP contribution is 2.16. The normalized spacial score (nSPS) is 12.5. The average Bonchev–Trinajstić information content (AvgIpc) is 2.78. The maximum Gasteiger partial charge on any atom is 0.0307 e. The van der Waals surface area contributed by atoms with E-state index >= 15 is 0 Å². The van der Waals surface area contributed by atoms with E-state index in [1.165, 1.54) is 180 Å². The van der Waals surface area contributed by atoms with Gasteiger partial charge in [-0.25, -0.2) is 0 Å². The zero-order valence-corrected chi connectivity index (χ0v) is 23.5. The fourth-order valence-electron chi connectivity index (χ4n) is 4.92. The van der Waals surface area contributed by atoms with Crippen LogP contribution in [0.4, 0.5) is 0 Å². The summed E-state index contributed by atoms with van der Waals surface area (Å²) in [5, 5.41) is 0.370. The summed E-state index contributed by atoms with van der Waals surface area (Å²) in [4.78, 5) is 0. The molecule has 0 nitrogen and oxygen atoms in total. The summed E-state index contributed by atoms with van der Waals surface area (Å²) in [7, 11) is 0. The van der Waals surface area contributed by atoms with Gasteiger partial charge in [0.15, 0.2) is 0 Å². The Morgan fingerprint density at radius 1 is 0.344 bits per heavy atom. The van der Waals surface area contributed by atoms with Crippen molar-refractivity contribution in [1.82, 2.24) is 0 Å². The lowest BCUT2D eigenvalue weighted by atomic mass is 10.0. The molecule has 0 rings (SSSR count). The minimum absolute atomic E-state index is 0.370. The van der Waals surface area contributed by atoms with E-state index in [1.54, 1.807) is 0 Å². The van der Waals surface area contributed by atoms with Crippen LogP contribution in [0.25, 0.3) is 0 Å². The number of unbranched alkanes of at least 4 members (excludes halogenated alkanes) is 26. The van der Waals surface area contributed by atoms with E-state index in [-0.39, 0.29) is 0 Å². The first-order valence-electron chi connectivity index (χ1n) is 15.4. The molecule has 0 N–H and O–H groups in total. The molecule has 0 aromatic heterocycles. The van der Waals surface area contributed by atoms with Gasteiger partial charge in [0, 0.05) is 5.38 Å². The average molecular weight is 471 g/mol. The zero-order valence-electron chi connectivity index (χ0n) is 22.8. The number of alkyl halides is 1. The van der Waals surface area contributed by atoms with Crippen LogP contribution in [-0.2, 0) is 0 Å². The van der Waals surface area contributed by atoms with Crippen molar-refractivity contribution in [3.63, 3.8) is 0 Å². The van der Waals surface area contributed by atoms with E-state index in [0.29, 0.717) is 5.38 Å². The fraction of sp³-hybridized carbons (Fsp3) is 1.00. The van der Waals surface area contributed by atoms with Gasteiger partial charge in [-0.15, -0.1) is 11.6 Å². The van der Waals surface area contributed by atoms with Crippen molar-refractivity contribution in [2.24, 2.45) is 0 Å². The Bertz CT molecular complexity index is 312. The van der Waals surface area contributed by atoms with Crippen molar-refractivity contribution in [1.29, 1.82) is 0 Å². The largest absolute Gasteiger partial charge is 0.123 e. The highest BCUT2D eigenvalue weighted by molar-refractivity contribution is 6.20. The Hall–Kier alpha value is 0.290. The Kier molecular flexibility index (Phi) is 29.6. The molecule has 0 radical (unpaired) electrons. The second kappa shape index (κ2) is 29.3. The summed E-state index contributed by atoms with van der Waals surface area (Å²) < 4.78 is 0. The molecule has 1 unspecified atom stereocenters. The molecule has 0 aliphatic rings. The zero-order chi connectivity index (χ0) is 23.4. The summed E-state index contributed by atoms with van der Waals surface area (Å²) >= 11 is 5.99. The molecule has 0 aromatic rings.